The molecule has 0 saturated carbocycles. The van der Waals surface area contributed by atoms with E-state index in [1.54, 1.807) is 12.1 Å². The number of anilines is 1. The van der Waals surface area contributed by atoms with Crippen LogP contribution in [0.4, 0.5) is 5.69 Å². The lowest BCUT2D eigenvalue weighted by Gasteiger charge is -2.23. The average Bonchev–Trinajstić information content (AvgIpc) is 2.20. The summed E-state index contributed by atoms with van der Waals surface area (Å²) in [6.07, 6.45) is -0.608. The number of nitrogens with two attached hydrogens (primary N) is 1. The summed E-state index contributed by atoms with van der Waals surface area (Å²) in [5.74, 6) is 0. The molecule has 0 saturated heterocycles. The van der Waals surface area contributed by atoms with Crippen LogP contribution >= 0.6 is 27.5 Å². The Labute approximate surface area is 115 Å². The maximum Gasteiger partial charge on any atom is 0.0915 e. The van der Waals surface area contributed by atoms with Gasteiger partial charge in [-0.15, -0.1) is 0 Å². The first-order valence-corrected chi connectivity index (χ1v) is 6.55. The number of nitrogen functional groups attached to an aromatic ring is 1. The van der Waals surface area contributed by atoms with Crippen molar-refractivity contribution in [3.63, 3.8) is 0 Å². The van der Waals surface area contributed by atoms with Crippen LogP contribution < -0.4 is 11.1 Å². The zero-order chi connectivity index (χ0) is 13.2. The highest BCUT2D eigenvalue weighted by Gasteiger charge is 2.15. The summed E-state index contributed by atoms with van der Waals surface area (Å²) in [6, 6.07) is 3.48. The van der Waals surface area contributed by atoms with Gasteiger partial charge in [-0.1, -0.05) is 11.6 Å². The van der Waals surface area contributed by atoms with Crippen molar-refractivity contribution < 1.29 is 5.11 Å². The summed E-state index contributed by atoms with van der Waals surface area (Å²) in [4.78, 5) is 0. The molecule has 4 N–H and O–H groups in total. The summed E-state index contributed by atoms with van der Waals surface area (Å²) in [5.41, 5.74) is 6.92. The summed E-state index contributed by atoms with van der Waals surface area (Å²) in [5, 5.41) is 13.7. The third kappa shape index (κ3) is 4.47. The van der Waals surface area contributed by atoms with Gasteiger partial charge in [0.2, 0.25) is 0 Å². The Kier molecular flexibility index (Phi) is 4.84. The molecule has 0 aliphatic heterocycles. The summed E-state index contributed by atoms with van der Waals surface area (Å²) in [6.45, 7) is 6.61. The van der Waals surface area contributed by atoms with Gasteiger partial charge in [-0.2, -0.15) is 0 Å². The van der Waals surface area contributed by atoms with Gasteiger partial charge in [0, 0.05) is 16.6 Å². The number of hydrogen-bond acceptors (Lipinski definition) is 3. The molecule has 1 unspecified atom stereocenters. The first-order chi connectivity index (χ1) is 7.70. The molecule has 3 nitrogen and oxygen atoms in total. The zero-order valence-electron chi connectivity index (χ0n) is 10.2. The first kappa shape index (κ1) is 14.8. The van der Waals surface area contributed by atoms with Gasteiger partial charge in [-0.05, 0) is 54.4 Å². The molecule has 5 heteroatoms. The molecule has 1 aromatic carbocycles. The predicted octanol–water partition coefficient (Wildman–Crippen LogP) is 3.11. The normalized spacial score (nSPS) is 13.8. The van der Waals surface area contributed by atoms with E-state index in [9.17, 15) is 5.11 Å². The molecule has 0 aliphatic carbocycles. The number of hydrogen-bond donors (Lipinski definition) is 3. The molecule has 1 rings (SSSR count). The molecule has 0 amide bonds. The molecule has 0 spiro atoms. The van der Waals surface area contributed by atoms with Crippen molar-refractivity contribution in [2.24, 2.45) is 0 Å². The molecule has 0 heterocycles. The molecule has 0 bridgehead atoms. The van der Waals surface area contributed by atoms with Crippen LogP contribution in [0.2, 0.25) is 5.02 Å². The molecule has 1 aromatic rings. The van der Waals surface area contributed by atoms with Crippen LogP contribution in [-0.4, -0.2) is 17.2 Å². The van der Waals surface area contributed by atoms with E-state index in [0.29, 0.717) is 21.7 Å². The number of aliphatic hydroxyl groups is 1. The third-order valence-corrected chi connectivity index (χ3v) is 3.28. The van der Waals surface area contributed by atoms with Gasteiger partial charge in [0.05, 0.1) is 16.8 Å². The third-order valence-electron chi connectivity index (χ3n) is 2.31. The maximum atomic E-state index is 10.0. The van der Waals surface area contributed by atoms with Gasteiger partial charge < -0.3 is 16.2 Å². The van der Waals surface area contributed by atoms with Crippen LogP contribution in [-0.2, 0) is 0 Å². The van der Waals surface area contributed by atoms with Gasteiger partial charge >= 0.3 is 0 Å². The van der Waals surface area contributed by atoms with Gasteiger partial charge in [0.25, 0.3) is 0 Å². The fraction of sp³-hybridized carbons (Fsp3) is 0.500. The lowest BCUT2D eigenvalue weighted by atomic mass is 10.1. The van der Waals surface area contributed by atoms with Gasteiger partial charge in [-0.3, -0.25) is 0 Å². The number of halogens is 2. The Morgan fingerprint density at radius 3 is 2.53 bits per heavy atom. The second-order valence-electron chi connectivity index (χ2n) is 5.04. The van der Waals surface area contributed by atoms with Gasteiger partial charge in [-0.25, -0.2) is 0 Å². The summed E-state index contributed by atoms with van der Waals surface area (Å²) < 4.78 is 0.704. The van der Waals surface area contributed by atoms with Crippen molar-refractivity contribution >= 4 is 33.2 Å². The van der Waals surface area contributed by atoms with E-state index >= 15 is 0 Å². The van der Waals surface area contributed by atoms with E-state index in [1.807, 2.05) is 20.8 Å². The topological polar surface area (TPSA) is 58.3 Å². The minimum atomic E-state index is -0.608. The molecule has 96 valence electrons. The van der Waals surface area contributed by atoms with Crippen molar-refractivity contribution in [2.75, 3.05) is 12.3 Å². The Morgan fingerprint density at radius 2 is 2.06 bits per heavy atom. The molecule has 1 atom stereocenters. The van der Waals surface area contributed by atoms with E-state index in [1.165, 1.54) is 0 Å². The fourth-order valence-electron chi connectivity index (χ4n) is 1.32. The molecule has 0 fully saturated rings. The van der Waals surface area contributed by atoms with Crippen LogP contribution in [0.1, 0.15) is 32.4 Å². The molecule has 0 radical (unpaired) electrons. The highest BCUT2D eigenvalue weighted by atomic mass is 79.9. The van der Waals surface area contributed by atoms with Crippen molar-refractivity contribution in [2.45, 2.75) is 32.4 Å². The molecule has 0 aliphatic rings. The van der Waals surface area contributed by atoms with E-state index < -0.39 is 6.10 Å². The zero-order valence-corrected chi connectivity index (χ0v) is 12.6. The number of nitrogens with one attached hydrogen (secondary N) is 1. The lowest BCUT2D eigenvalue weighted by molar-refractivity contribution is 0.163. The van der Waals surface area contributed by atoms with Crippen molar-refractivity contribution in [3.05, 3.63) is 27.2 Å². The lowest BCUT2D eigenvalue weighted by Crippen LogP contribution is -2.38. The molecule has 17 heavy (non-hydrogen) atoms. The Morgan fingerprint density at radius 1 is 1.47 bits per heavy atom. The monoisotopic (exact) mass is 320 g/mol. The fourth-order valence-corrected chi connectivity index (χ4v) is 2.14. The first-order valence-electron chi connectivity index (χ1n) is 5.38. The minimum Gasteiger partial charge on any atom is -0.397 e. The quantitative estimate of drug-likeness (QED) is 0.750. The van der Waals surface area contributed by atoms with Gasteiger partial charge in [0.15, 0.2) is 0 Å². The smallest absolute Gasteiger partial charge is 0.0915 e. The van der Waals surface area contributed by atoms with Crippen molar-refractivity contribution in [1.29, 1.82) is 0 Å². The van der Waals surface area contributed by atoms with Crippen molar-refractivity contribution in [3.8, 4) is 0 Å². The van der Waals surface area contributed by atoms with Crippen LogP contribution in [0.3, 0.4) is 0 Å². The number of β-amino-alcohol motifs (C(OH)–C–C–N with tert-alkyl or cyclic N) is 1. The van der Waals surface area contributed by atoms with Crippen LogP contribution in [0.15, 0.2) is 16.6 Å². The largest absolute Gasteiger partial charge is 0.397 e. The average molecular weight is 322 g/mol. The maximum absolute atomic E-state index is 10.0. The Hall–Kier alpha value is -0.290. The predicted molar refractivity (Wildman–Crippen MR) is 76.3 cm³/mol. The second kappa shape index (κ2) is 5.57. The molecular formula is C12H18BrClN2O. The van der Waals surface area contributed by atoms with E-state index in [4.69, 9.17) is 17.3 Å². The Balaban J connectivity index is 2.79. The Bertz CT molecular complexity index is 381. The summed E-state index contributed by atoms with van der Waals surface area (Å²) >= 11 is 9.28. The highest BCUT2D eigenvalue weighted by Crippen LogP contribution is 2.31. The number of benzene rings is 1. The van der Waals surface area contributed by atoms with E-state index in [-0.39, 0.29) is 5.54 Å². The van der Waals surface area contributed by atoms with Crippen molar-refractivity contribution in [1.82, 2.24) is 5.32 Å². The van der Waals surface area contributed by atoms with Crippen LogP contribution in [0.5, 0.6) is 0 Å². The minimum absolute atomic E-state index is 0.0319. The van der Waals surface area contributed by atoms with Gasteiger partial charge in [0.1, 0.15) is 0 Å². The van der Waals surface area contributed by atoms with E-state index in [0.717, 1.165) is 5.56 Å². The number of aliphatic hydroxyl groups excluding tert-OH is 1. The SMILES string of the molecule is CC(C)(C)NCC(O)c1cc(Cl)c(N)c(Br)c1. The van der Waals surface area contributed by atoms with Crippen LogP contribution in [0.25, 0.3) is 0 Å². The molecular weight excluding hydrogens is 304 g/mol. The molecule has 0 aromatic heterocycles. The standard InChI is InChI=1S/C12H18BrClN2O/c1-12(2,3)16-6-10(17)7-4-8(13)11(15)9(14)5-7/h4-5,10,16-17H,6,15H2,1-3H3. The highest BCUT2D eigenvalue weighted by molar-refractivity contribution is 9.10. The number of rotatable bonds is 3. The van der Waals surface area contributed by atoms with E-state index in [2.05, 4.69) is 21.2 Å². The summed E-state index contributed by atoms with van der Waals surface area (Å²) in [7, 11) is 0. The van der Waals surface area contributed by atoms with Crippen LogP contribution in [0, 0.1) is 0 Å². The second-order valence-corrected chi connectivity index (χ2v) is 6.31.